The maximum atomic E-state index is 12.5. The molecule has 1 aromatic heterocycles. The van der Waals surface area contributed by atoms with Gasteiger partial charge in [-0.05, 0) is 63.2 Å². The van der Waals surface area contributed by atoms with Gasteiger partial charge in [0.15, 0.2) is 0 Å². The average Bonchev–Trinajstić information content (AvgIpc) is 3.49. The van der Waals surface area contributed by atoms with Gasteiger partial charge in [0, 0.05) is 31.9 Å². The van der Waals surface area contributed by atoms with Crippen molar-refractivity contribution in [3.63, 3.8) is 0 Å². The third-order valence-corrected chi connectivity index (χ3v) is 5.10. The lowest BCUT2D eigenvalue weighted by molar-refractivity contribution is 0.119. The third kappa shape index (κ3) is 5.68. The standard InChI is InChI=1S/C19H30N4O2/c24-15-16-5-3-11-22(13-16)12-4-10-21-19(25)23(18-7-8-18)14-17-6-1-2-9-20-17/h1-2,6,9,16,18,24H,3-5,7-8,10-15H2,(H,21,25)/t16-/m1/s1. The number of carbonyl (C=O) groups is 1. The lowest BCUT2D eigenvalue weighted by Crippen LogP contribution is -2.42. The molecule has 1 atom stereocenters. The number of nitrogens with one attached hydrogen (secondary N) is 1. The van der Waals surface area contributed by atoms with Gasteiger partial charge in [-0.25, -0.2) is 4.79 Å². The van der Waals surface area contributed by atoms with E-state index in [1.54, 1.807) is 6.20 Å². The monoisotopic (exact) mass is 346 g/mol. The highest BCUT2D eigenvalue weighted by Gasteiger charge is 2.32. The van der Waals surface area contributed by atoms with Crippen LogP contribution in [0.3, 0.4) is 0 Å². The molecule has 0 aromatic carbocycles. The maximum Gasteiger partial charge on any atom is 0.318 e. The summed E-state index contributed by atoms with van der Waals surface area (Å²) in [5.41, 5.74) is 0.938. The minimum atomic E-state index is 0.0278. The Morgan fingerprint density at radius 3 is 2.96 bits per heavy atom. The highest BCUT2D eigenvalue weighted by molar-refractivity contribution is 5.74. The van der Waals surface area contributed by atoms with E-state index in [0.29, 0.717) is 25.0 Å². The summed E-state index contributed by atoms with van der Waals surface area (Å²) in [5.74, 6) is 0.423. The van der Waals surface area contributed by atoms with Crippen LogP contribution in [0.1, 0.15) is 37.8 Å². The number of aliphatic hydroxyl groups is 1. The number of piperidine rings is 1. The van der Waals surface area contributed by atoms with E-state index in [0.717, 1.165) is 57.4 Å². The van der Waals surface area contributed by atoms with Crippen LogP contribution in [0, 0.1) is 5.92 Å². The molecule has 2 fully saturated rings. The fourth-order valence-corrected chi connectivity index (χ4v) is 3.52. The normalized spacial score (nSPS) is 21.1. The predicted molar refractivity (Wildman–Crippen MR) is 97.1 cm³/mol. The summed E-state index contributed by atoms with van der Waals surface area (Å²) in [6.07, 6.45) is 7.21. The van der Waals surface area contributed by atoms with Crippen molar-refractivity contribution < 1.29 is 9.90 Å². The molecule has 3 rings (SSSR count). The second-order valence-electron chi connectivity index (χ2n) is 7.26. The number of pyridine rings is 1. The van der Waals surface area contributed by atoms with Gasteiger partial charge in [0.1, 0.15) is 0 Å². The summed E-state index contributed by atoms with van der Waals surface area (Å²) in [4.78, 5) is 21.2. The molecule has 2 N–H and O–H groups in total. The van der Waals surface area contributed by atoms with Gasteiger partial charge in [-0.1, -0.05) is 6.07 Å². The number of nitrogens with zero attached hydrogens (tertiary/aromatic N) is 3. The largest absolute Gasteiger partial charge is 0.396 e. The molecule has 1 aromatic rings. The van der Waals surface area contributed by atoms with Crippen molar-refractivity contribution in [3.05, 3.63) is 30.1 Å². The average molecular weight is 346 g/mol. The number of urea groups is 1. The molecular formula is C19H30N4O2. The molecule has 1 aliphatic carbocycles. The van der Waals surface area contributed by atoms with Crippen LogP contribution in [-0.2, 0) is 6.54 Å². The first-order chi connectivity index (χ1) is 12.3. The molecule has 2 aliphatic rings. The van der Waals surface area contributed by atoms with E-state index in [1.807, 2.05) is 23.1 Å². The Bertz CT molecular complexity index is 535. The molecule has 6 nitrogen and oxygen atoms in total. The van der Waals surface area contributed by atoms with E-state index in [2.05, 4.69) is 15.2 Å². The third-order valence-electron chi connectivity index (χ3n) is 5.10. The zero-order valence-electron chi connectivity index (χ0n) is 14.9. The first-order valence-corrected chi connectivity index (χ1v) is 9.54. The highest BCUT2D eigenvalue weighted by atomic mass is 16.3. The SMILES string of the molecule is O=C(NCCCN1CCC[C@@H](CO)C1)N(Cc1ccccn1)C1CC1. The van der Waals surface area contributed by atoms with Crippen LogP contribution in [0.15, 0.2) is 24.4 Å². The molecule has 1 aliphatic heterocycles. The van der Waals surface area contributed by atoms with Crippen molar-refractivity contribution in [2.75, 3.05) is 32.8 Å². The van der Waals surface area contributed by atoms with Gasteiger partial charge in [0.05, 0.1) is 12.2 Å². The van der Waals surface area contributed by atoms with Gasteiger partial charge in [-0.2, -0.15) is 0 Å². The number of hydrogen-bond acceptors (Lipinski definition) is 4. The van der Waals surface area contributed by atoms with Crippen LogP contribution in [0.4, 0.5) is 4.79 Å². The fourth-order valence-electron chi connectivity index (χ4n) is 3.52. The van der Waals surface area contributed by atoms with Gasteiger partial charge in [-0.3, -0.25) is 4.98 Å². The Labute approximate surface area is 150 Å². The number of likely N-dealkylation sites (tertiary alicyclic amines) is 1. The number of aromatic nitrogens is 1. The van der Waals surface area contributed by atoms with E-state index < -0.39 is 0 Å². The van der Waals surface area contributed by atoms with Gasteiger partial charge >= 0.3 is 6.03 Å². The molecule has 0 unspecified atom stereocenters. The summed E-state index contributed by atoms with van der Waals surface area (Å²) < 4.78 is 0. The number of rotatable bonds is 8. The molecule has 2 heterocycles. The minimum absolute atomic E-state index is 0.0278. The lowest BCUT2D eigenvalue weighted by Gasteiger charge is -2.31. The highest BCUT2D eigenvalue weighted by Crippen LogP contribution is 2.28. The van der Waals surface area contributed by atoms with Crippen LogP contribution in [0.5, 0.6) is 0 Å². The Balaban J connectivity index is 1.38. The lowest BCUT2D eigenvalue weighted by atomic mass is 9.99. The zero-order valence-corrected chi connectivity index (χ0v) is 14.9. The molecule has 0 radical (unpaired) electrons. The zero-order chi connectivity index (χ0) is 17.5. The molecule has 0 bridgehead atoms. The van der Waals surface area contributed by atoms with Gasteiger partial charge < -0.3 is 20.2 Å². The topological polar surface area (TPSA) is 68.7 Å². The van der Waals surface area contributed by atoms with Crippen molar-refractivity contribution >= 4 is 6.03 Å². The number of hydrogen-bond donors (Lipinski definition) is 2. The van der Waals surface area contributed by atoms with Crippen molar-refractivity contribution in [2.45, 2.75) is 44.7 Å². The van der Waals surface area contributed by atoms with E-state index in [4.69, 9.17) is 0 Å². The number of aliphatic hydroxyl groups excluding tert-OH is 1. The first-order valence-electron chi connectivity index (χ1n) is 9.54. The van der Waals surface area contributed by atoms with E-state index in [9.17, 15) is 9.90 Å². The van der Waals surface area contributed by atoms with E-state index in [-0.39, 0.29) is 12.6 Å². The van der Waals surface area contributed by atoms with Crippen molar-refractivity contribution in [1.82, 2.24) is 20.1 Å². The molecule has 6 heteroatoms. The van der Waals surface area contributed by atoms with E-state index in [1.165, 1.54) is 0 Å². The quantitative estimate of drug-likeness (QED) is 0.705. The van der Waals surface area contributed by atoms with Gasteiger partial charge in [0.25, 0.3) is 0 Å². The molecule has 0 spiro atoms. The van der Waals surface area contributed by atoms with E-state index >= 15 is 0 Å². The molecule has 1 saturated carbocycles. The van der Waals surface area contributed by atoms with Gasteiger partial charge in [0.2, 0.25) is 0 Å². The number of carbonyl (C=O) groups excluding carboxylic acids is 1. The predicted octanol–water partition coefficient (Wildman–Crippen LogP) is 1.85. The van der Waals surface area contributed by atoms with Crippen molar-refractivity contribution in [2.24, 2.45) is 5.92 Å². The Kier molecular flexibility index (Phi) is 6.64. The fraction of sp³-hybridized carbons (Fsp3) is 0.684. The number of amides is 2. The first kappa shape index (κ1) is 18.1. The van der Waals surface area contributed by atoms with Crippen LogP contribution in [-0.4, -0.2) is 64.7 Å². The summed E-state index contributed by atoms with van der Waals surface area (Å²) >= 11 is 0. The van der Waals surface area contributed by atoms with Crippen molar-refractivity contribution in [1.29, 1.82) is 0 Å². The molecule has 25 heavy (non-hydrogen) atoms. The molecular weight excluding hydrogens is 316 g/mol. The summed E-state index contributed by atoms with van der Waals surface area (Å²) in [7, 11) is 0. The summed E-state index contributed by atoms with van der Waals surface area (Å²) in [6.45, 7) is 4.65. The maximum absolute atomic E-state index is 12.5. The van der Waals surface area contributed by atoms with Crippen LogP contribution in [0.2, 0.25) is 0 Å². The van der Waals surface area contributed by atoms with Crippen molar-refractivity contribution in [3.8, 4) is 0 Å². The minimum Gasteiger partial charge on any atom is -0.396 e. The molecule has 1 saturated heterocycles. The Hall–Kier alpha value is -1.66. The summed E-state index contributed by atoms with van der Waals surface area (Å²) in [6, 6.07) is 6.22. The van der Waals surface area contributed by atoms with Crippen LogP contribution < -0.4 is 5.32 Å². The second-order valence-corrected chi connectivity index (χ2v) is 7.26. The molecule has 2 amide bonds. The Morgan fingerprint density at radius 1 is 1.36 bits per heavy atom. The molecule has 138 valence electrons. The Morgan fingerprint density at radius 2 is 2.24 bits per heavy atom. The van der Waals surface area contributed by atoms with Crippen LogP contribution >= 0.6 is 0 Å². The van der Waals surface area contributed by atoms with Gasteiger partial charge in [-0.15, -0.1) is 0 Å². The summed E-state index contributed by atoms with van der Waals surface area (Å²) in [5, 5.41) is 12.4. The second kappa shape index (κ2) is 9.15. The van der Waals surface area contributed by atoms with Crippen LogP contribution in [0.25, 0.3) is 0 Å². The smallest absolute Gasteiger partial charge is 0.318 e.